The normalized spacial score (nSPS) is 11.9. The van der Waals surface area contributed by atoms with Crippen molar-refractivity contribution in [1.29, 1.82) is 0 Å². The second kappa shape index (κ2) is 11.1. The fourth-order valence-corrected chi connectivity index (χ4v) is 8.70. The molecule has 0 aliphatic heterocycles. The highest BCUT2D eigenvalue weighted by Gasteiger charge is 2.21. The van der Waals surface area contributed by atoms with Gasteiger partial charge in [-0.05, 0) is 73.7 Å². The second-order valence-electron chi connectivity index (χ2n) is 13.8. The first-order chi connectivity index (χ1) is 25.7. The third kappa shape index (κ3) is 4.08. The van der Waals surface area contributed by atoms with Crippen LogP contribution >= 0.6 is 0 Å². The lowest BCUT2D eigenvalue weighted by molar-refractivity contribution is 1.15. The number of aromatic nitrogens is 3. The van der Waals surface area contributed by atoms with Crippen molar-refractivity contribution in [2.75, 3.05) is 0 Å². The van der Waals surface area contributed by atoms with Gasteiger partial charge in [0, 0.05) is 49.1 Å². The van der Waals surface area contributed by atoms with Crippen molar-refractivity contribution in [3.05, 3.63) is 188 Å². The summed E-state index contributed by atoms with van der Waals surface area (Å²) in [6.07, 6.45) is 0. The van der Waals surface area contributed by atoms with Crippen molar-refractivity contribution in [1.82, 2.24) is 13.7 Å². The molecule has 0 spiro atoms. The first kappa shape index (κ1) is 28.9. The second-order valence-corrected chi connectivity index (χ2v) is 13.8. The number of benzene rings is 8. The van der Waals surface area contributed by atoms with Crippen LogP contribution in [0.15, 0.2) is 182 Å². The Morgan fingerprint density at radius 3 is 1.17 bits per heavy atom. The number of hydrogen-bond acceptors (Lipinski definition) is 0. The van der Waals surface area contributed by atoms with Gasteiger partial charge < -0.3 is 13.7 Å². The fourth-order valence-electron chi connectivity index (χ4n) is 8.70. The zero-order valence-corrected chi connectivity index (χ0v) is 28.7. The molecular formula is C49H33N3. The predicted octanol–water partition coefficient (Wildman–Crippen LogP) is 13.0. The smallest absolute Gasteiger partial charge is 0.0542 e. The van der Waals surface area contributed by atoms with E-state index in [0.29, 0.717) is 0 Å². The van der Waals surface area contributed by atoms with Gasteiger partial charge in [0.1, 0.15) is 0 Å². The number of nitrogens with zero attached hydrogens (tertiary/aromatic N) is 3. The molecule has 0 atom stereocenters. The fraction of sp³-hybridized carbons (Fsp3) is 0.0204. The molecule has 11 aromatic rings. The molecule has 0 saturated heterocycles. The molecule has 0 aliphatic carbocycles. The maximum absolute atomic E-state index is 2.46. The molecule has 3 heteroatoms. The largest absolute Gasteiger partial charge is 0.309 e. The van der Waals surface area contributed by atoms with Crippen LogP contribution in [0.3, 0.4) is 0 Å². The van der Waals surface area contributed by atoms with Gasteiger partial charge in [0.05, 0.1) is 44.5 Å². The molecule has 3 heterocycles. The first-order valence-electron chi connectivity index (χ1n) is 18.0. The molecule has 8 aromatic carbocycles. The standard InChI is InChI=1S/C49H33N3/c1-32-26-28-48-40(30-32)38-18-6-12-24-46(38)51(48)44-22-10-4-16-36(44)37-17-5-11-23-45(37)52-47-25-13-7-19-39(47)41-31-33(27-29-49(41)52)50-42-20-8-2-14-34(42)35-15-3-9-21-43(35)50/h2-31H,1H3. The first-order valence-corrected chi connectivity index (χ1v) is 18.0. The summed E-state index contributed by atoms with van der Waals surface area (Å²) in [5.41, 5.74) is 14.4. The van der Waals surface area contributed by atoms with Gasteiger partial charge in [-0.3, -0.25) is 0 Å². The van der Waals surface area contributed by atoms with Gasteiger partial charge in [0.15, 0.2) is 0 Å². The van der Waals surface area contributed by atoms with E-state index in [9.17, 15) is 0 Å². The Hall–Kier alpha value is -6.84. The van der Waals surface area contributed by atoms with Gasteiger partial charge in [-0.2, -0.15) is 0 Å². The van der Waals surface area contributed by atoms with E-state index in [0.717, 1.165) is 11.4 Å². The highest BCUT2D eigenvalue weighted by atomic mass is 15.0. The number of rotatable bonds is 4. The number of fused-ring (bicyclic) bond motifs is 9. The number of hydrogen-bond donors (Lipinski definition) is 0. The van der Waals surface area contributed by atoms with Crippen LogP contribution in [0.5, 0.6) is 0 Å². The van der Waals surface area contributed by atoms with E-state index < -0.39 is 0 Å². The van der Waals surface area contributed by atoms with Crippen molar-refractivity contribution in [2.24, 2.45) is 0 Å². The van der Waals surface area contributed by atoms with E-state index in [1.165, 1.54) is 87.8 Å². The molecule has 3 aromatic heterocycles. The van der Waals surface area contributed by atoms with Gasteiger partial charge in [-0.25, -0.2) is 0 Å². The van der Waals surface area contributed by atoms with Crippen LogP contribution in [-0.2, 0) is 0 Å². The Balaban J connectivity index is 1.17. The lowest BCUT2D eigenvalue weighted by Gasteiger charge is -2.18. The lowest BCUT2D eigenvalue weighted by atomic mass is 10.0. The van der Waals surface area contributed by atoms with Crippen molar-refractivity contribution < 1.29 is 0 Å². The molecule has 0 aliphatic rings. The molecule has 3 nitrogen and oxygen atoms in total. The SMILES string of the molecule is Cc1ccc2c(c1)c1ccccc1n2-c1ccccc1-c1ccccc1-n1c2ccccc2c2cc(-n3c4ccccc4c4ccccc43)ccc21. The van der Waals surface area contributed by atoms with E-state index in [4.69, 9.17) is 0 Å². The molecular weight excluding hydrogens is 631 g/mol. The van der Waals surface area contributed by atoms with Crippen molar-refractivity contribution in [2.45, 2.75) is 6.92 Å². The Bertz CT molecular complexity index is 3150. The Labute approximate surface area is 300 Å². The third-order valence-electron chi connectivity index (χ3n) is 10.9. The summed E-state index contributed by atoms with van der Waals surface area (Å²) in [6.45, 7) is 2.17. The average molecular weight is 664 g/mol. The van der Waals surface area contributed by atoms with Crippen molar-refractivity contribution in [3.8, 4) is 28.2 Å². The molecule has 0 N–H and O–H groups in total. The summed E-state index contributed by atoms with van der Waals surface area (Å²) in [5, 5.41) is 7.56. The zero-order chi connectivity index (χ0) is 34.3. The van der Waals surface area contributed by atoms with Crippen LogP contribution in [0.4, 0.5) is 0 Å². The van der Waals surface area contributed by atoms with Crippen molar-refractivity contribution >= 4 is 65.4 Å². The van der Waals surface area contributed by atoms with Gasteiger partial charge in [0.2, 0.25) is 0 Å². The quantitative estimate of drug-likeness (QED) is 0.178. The molecule has 0 radical (unpaired) electrons. The third-order valence-corrected chi connectivity index (χ3v) is 10.9. The van der Waals surface area contributed by atoms with Crippen LogP contribution in [0, 0.1) is 6.92 Å². The van der Waals surface area contributed by atoms with Gasteiger partial charge >= 0.3 is 0 Å². The maximum Gasteiger partial charge on any atom is 0.0542 e. The van der Waals surface area contributed by atoms with Gasteiger partial charge in [-0.15, -0.1) is 0 Å². The maximum atomic E-state index is 2.46. The Morgan fingerprint density at radius 1 is 0.288 bits per heavy atom. The van der Waals surface area contributed by atoms with Crippen LogP contribution in [-0.4, -0.2) is 13.7 Å². The lowest BCUT2D eigenvalue weighted by Crippen LogP contribution is -2.01. The van der Waals surface area contributed by atoms with E-state index in [1.54, 1.807) is 0 Å². The van der Waals surface area contributed by atoms with E-state index in [2.05, 4.69) is 203 Å². The number of para-hydroxylation sites is 6. The van der Waals surface area contributed by atoms with E-state index in [1.807, 2.05) is 0 Å². The molecule has 0 unspecified atom stereocenters. The molecule has 0 amide bonds. The van der Waals surface area contributed by atoms with Crippen LogP contribution < -0.4 is 0 Å². The Kier molecular flexibility index (Phi) is 6.17. The zero-order valence-electron chi connectivity index (χ0n) is 28.7. The molecule has 52 heavy (non-hydrogen) atoms. The van der Waals surface area contributed by atoms with Crippen LogP contribution in [0.1, 0.15) is 5.56 Å². The molecule has 0 bridgehead atoms. The highest BCUT2D eigenvalue weighted by Crippen LogP contribution is 2.42. The predicted molar refractivity (Wildman–Crippen MR) is 220 cm³/mol. The summed E-state index contributed by atoms with van der Waals surface area (Å²) in [4.78, 5) is 0. The molecule has 11 rings (SSSR count). The molecule has 0 fully saturated rings. The monoisotopic (exact) mass is 663 g/mol. The van der Waals surface area contributed by atoms with Crippen LogP contribution in [0.25, 0.3) is 93.6 Å². The summed E-state index contributed by atoms with van der Waals surface area (Å²) < 4.78 is 7.31. The highest BCUT2D eigenvalue weighted by molar-refractivity contribution is 6.13. The van der Waals surface area contributed by atoms with E-state index in [-0.39, 0.29) is 0 Å². The summed E-state index contributed by atoms with van der Waals surface area (Å²) in [6, 6.07) is 66.6. The summed E-state index contributed by atoms with van der Waals surface area (Å²) in [7, 11) is 0. The molecule has 0 saturated carbocycles. The Morgan fingerprint density at radius 2 is 0.654 bits per heavy atom. The van der Waals surface area contributed by atoms with Gasteiger partial charge in [0.25, 0.3) is 0 Å². The minimum absolute atomic E-state index is 1.15. The van der Waals surface area contributed by atoms with Gasteiger partial charge in [-0.1, -0.05) is 121 Å². The minimum Gasteiger partial charge on any atom is -0.309 e. The summed E-state index contributed by atoms with van der Waals surface area (Å²) in [5.74, 6) is 0. The minimum atomic E-state index is 1.15. The van der Waals surface area contributed by atoms with Crippen LogP contribution in [0.2, 0.25) is 0 Å². The summed E-state index contributed by atoms with van der Waals surface area (Å²) >= 11 is 0. The van der Waals surface area contributed by atoms with E-state index >= 15 is 0 Å². The topological polar surface area (TPSA) is 14.8 Å². The van der Waals surface area contributed by atoms with Crippen molar-refractivity contribution in [3.63, 3.8) is 0 Å². The average Bonchev–Trinajstić information content (AvgIpc) is 3.83. The molecule has 244 valence electrons. The number of aryl methyl sites for hydroxylation is 1.